The molecule has 1 aliphatic heterocycles. The highest BCUT2D eigenvalue weighted by Crippen LogP contribution is 2.70. The highest BCUT2D eigenvalue weighted by Gasteiger charge is 2.66. The lowest BCUT2D eigenvalue weighted by Gasteiger charge is -2.62. The number of hydrogen-bond donors (Lipinski definition) is 3. The van der Waals surface area contributed by atoms with E-state index in [9.17, 15) is 20.1 Å². The van der Waals surface area contributed by atoms with Crippen molar-refractivity contribution in [1.82, 2.24) is 0 Å². The van der Waals surface area contributed by atoms with E-state index >= 15 is 0 Å². The molecule has 0 aromatic carbocycles. The second kappa shape index (κ2) is 10.7. The van der Waals surface area contributed by atoms with Gasteiger partial charge in [0.15, 0.2) is 6.29 Å². The molecule has 0 bridgehead atoms. The average molecular weight is 545 g/mol. The van der Waals surface area contributed by atoms with Crippen molar-refractivity contribution in [2.75, 3.05) is 0 Å². The minimum absolute atomic E-state index is 0.0347. The van der Waals surface area contributed by atoms with Crippen LogP contribution in [-0.4, -0.2) is 51.6 Å². The molecule has 0 spiro atoms. The molecule has 1 aromatic rings. The lowest BCUT2D eigenvalue weighted by molar-refractivity contribution is -0.271. The molecule has 5 aliphatic rings. The summed E-state index contributed by atoms with van der Waals surface area (Å²) in [4.78, 5) is 11.5. The van der Waals surface area contributed by atoms with Crippen molar-refractivity contribution in [3.8, 4) is 0 Å². The van der Waals surface area contributed by atoms with Crippen LogP contribution in [0.3, 0.4) is 0 Å². The predicted molar refractivity (Wildman–Crippen MR) is 148 cm³/mol. The van der Waals surface area contributed by atoms with Gasteiger partial charge in [-0.3, -0.25) is 0 Å². The lowest BCUT2D eigenvalue weighted by Crippen LogP contribution is -2.60. The van der Waals surface area contributed by atoms with E-state index in [0.29, 0.717) is 5.92 Å². The number of aliphatic hydroxyl groups excluding tert-OH is 2. The lowest BCUT2D eigenvalue weighted by atomic mass is 9.45. The summed E-state index contributed by atoms with van der Waals surface area (Å²) in [6.45, 7) is 10.5. The summed E-state index contributed by atoms with van der Waals surface area (Å²) in [5.41, 5.74) is 1.20. The number of rotatable bonds is 3. The van der Waals surface area contributed by atoms with Crippen LogP contribution in [0.1, 0.15) is 104 Å². The molecule has 2 heterocycles. The van der Waals surface area contributed by atoms with Crippen LogP contribution >= 0.6 is 0 Å². The van der Waals surface area contributed by atoms with E-state index in [2.05, 4.69) is 19.9 Å². The van der Waals surface area contributed by atoms with Crippen molar-refractivity contribution >= 4 is 0 Å². The second-order valence-electron chi connectivity index (χ2n) is 13.0. The largest absolute Gasteiger partial charge is 0.431 e. The Hall–Kier alpha value is -1.51. The molecule has 3 saturated carbocycles. The van der Waals surface area contributed by atoms with Gasteiger partial charge in [-0.25, -0.2) is 4.79 Å². The molecule has 7 heteroatoms. The van der Waals surface area contributed by atoms with Crippen LogP contribution in [0.25, 0.3) is 0 Å². The number of fused-ring (bicyclic) bond motifs is 5. The molecule has 7 nitrogen and oxygen atoms in total. The van der Waals surface area contributed by atoms with E-state index in [1.165, 1.54) is 11.6 Å². The normalized spacial score (nSPS) is 47.1. The third-order valence-corrected chi connectivity index (χ3v) is 11.4. The molecule has 0 radical (unpaired) electrons. The van der Waals surface area contributed by atoms with Crippen LogP contribution in [0.15, 0.2) is 39.3 Å². The Morgan fingerprint density at radius 1 is 0.974 bits per heavy atom. The van der Waals surface area contributed by atoms with Crippen molar-refractivity contribution in [1.29, 1.82) is 0 Å². The smallest absolute Gasteiger partial charge is 0.335 e. The summed E-state index contributed by atoms with van der Waals surface area (Å²) in [6, 6.07) is 3.39. The highest BCUT2D eigenvalue weighted by molar-refractivity contribution is 5.31. The summed E-state index contributed by atoms with van der Waals surface area (Å²) in [7, 11) is 0. The van der Waals surface area contributed by atoms with E-state index in [0.717, 1.165) is 56.9 Å². The van der Waals surface area contributed by atoms with Gasteiger partial charge in [0.1, 0.15) is 6.10 Å². The molecule has 3 N–H and O–H groups in total. The van der Waals surface area contributed by atoms with Crippen LogP contribution in [0.5, 0.6) is 0 Å². The highest BCUT2D eigenvalue weighted by atomic mass is 16.7. The first-order valence-electron chi connectivity index (χ1n) is 15.2. The zero-order valence-corrected chi connectivity index (χ0v) is 24.3. The summed E-state index contributed by atoms with van der Waals surface area (Å²) < 4.78 is 17.2. The molecule has 11 atom stereocenters. The maximum absolute atomic E-state index is 12.4. The average Bonchev–Trinajstić information content (AvgIpc) is 3.20. The minimum atomic E-state index is -0.827. The standard InChI is InChI=1S/C30H42O7.C2H6/c1-17-24(31)15-25(32)27(36-17)37-20-8-11-28(2)19(14-20)5-6-23-22(28)9-12-29(3)21(10-13-30(23,29)34)18-4-7-26(33)35-16-18;1-2/h4,7,14,16-17,20-25,27,31-32,34H,5-6,8-13,15H2,1-3H3;1-2H3/t17-,20?,21?,22?,23?,24?,25+,27?,28?,29?,30?;/m0./s1. The van der Waals surface area contributed by atoms with Gasteiger partial charge in [0.2, 0.25) is 0 Å². The number of allylic oxidation sites excluding steroid dienone is 1. The molecule has 4 fully saturated rings. The summed E-state index contributed by atoms with van der Waals surface area (Å²) in [6.07, 6.45) is 8.97. The Morgan fingerprint density at radius 2 is 1.74 bits per heavy atom. The van der Waals surface area contributed by atoms with E-state index in [-0.39, 0.29) is 46.9 Å². The Kier molecular flexibility index (Phi) is 7.97. The number of hydrogen-bond acceptors (Lipinski definition) is 7. The summed E-state index contributed by atoms with van der Waals surface area (Å²) >= 11 is 0. The van der Waals surface area contributed by atoms with Gasteiger partial charge in [-0.15, -0.1) is 0 Å². The van der Waals surface area contributed by atoms with Gasteiger partial charge in [-0.05, 0) is 93.1 Å². The van der Waals surface area contributed by atoms with Gasteiger partial charge in [-0.2, -0.15) is 0 Å². The van der Waals surface area contributed by atoms with Crippen LogP contribution < -0.4 is 5.63 Å². The van der Waals surface area contributed by atoms with Crippen LogP contribution in [0, 0.1) is 22.7 Å². The van der Waals surface area contributed by atoms with Crippen molar-refractivity contribution < 1.29 is 29.2 Å². The first-order valence-corrected chi connectivity index (χ1v) is 15.2. The maximum atomic E-state index is 12.4. The fourth-order valence-electron chi connectivity index (χ4n) is 9.11. The summed E-state index contributed by atoms with van der Waals surface area (Å²) in [5, 5.41) is 32.8. The van der Waals surface area contributed by atoms with Gasteiger partial charge in [-0.1, -0.05) is 39.3 Å². The first-order chi connectivity index (χ1) is 18.5. The minimum Gasteiger partial charge on any atom is -0.431 e. The van der Waals surface area contributed by atoms with E-state index < -0.39 is 24.1 Å². The molecular formula is C32H48O7. The zero-order valence-electron chi connectivity index (χ0n) is 24.3. The SMILES string of the molecule is CC.C[C@@H]1OC(OC2C=C3CCC4C(CCC5(C)C(c6ccc(=O)oc6)CCC45O)C3(C)CC2)[C@H](O)CC1O. The zero-order chi connectivity index (χ0) is 28.2. The summed E-state index contributed by atoms with van der Waals surface area (Å²) in [5.74, 6) is 0.864. The van der Waals surface area contributed by atoms with E-state index in [1.54, 1.807) is 6.26 Å². The van der Waals surface area contributed by atoms with Crippen molar-refractivity contribution in [3.63, 3.8) is 0 Å². The topological polar surface area (TPSA) is 109 Å². The molecule has 6 rings (SSSR count). The Labute approximate surface area is 232 Å². The van der Waals surface area contributed by atoms with E-state index in [1.807, 2.05) is 26.8 Å². The third kappa shape index (κ3) is 4.66. The van der Waals surface area contributed by atoms with Crippen molar-refractivity contribution in [3.05, 3.63) is 46.0 Å². The molecule has 1 saturated heterocycles. The van der Waals surface area contributed by atoms with Gasteiger partial charge >= 0.3 is 5.63 Å². The van der Waals surface area contributed by atoms with Crippen molar-refractivity contribution in [2.24, 2.45) is 22.7 Å². The van der Waals surface area contributed by atoms with E-state index in [4.69, 9.17) is 13.9 Å². The molecule has 9 unspecified atom stereocenters. The number of aliphatic hydroxyl groups is 3. The molecule has 4 aliphatic carbocycles. The fourth-order valence-corrected chi connectivity index (χ4v) is 9.11. The molecular weight excluding hydrogens is 496 g/mol. The number of ether oxygens (including phenoxy) is 2. The molecule has 218 valence electrons. The molecule has 39 heavy (non-hydrogen) atoms. The Bertz CT molecular complexity index is 1090. The van der Waals surface area contributed by atoms with Gasteiger partial charge in [0.25, 0.3) is 0 Å². The van der Waals surface area contributed by atoms with Crippen LogP contribution in [0.4, 0.5) is 0 Å². The first kappa shape index (κ1) is 29.0. The van der Waals surface area contributed by atoms with Gasteiger partial charge in [0, 0.05) is 17.9 Å². The van der Waals surface area contributed by atoms with Gasteiger partial charge in [0.05, 0.1) is 30.2 Å². The van der Waals surface area contributed by atoms with Gasteiger partial charge < -0.3 is 29.2 Å². The second-order valence-corrected chi connectivity index (χ2v) is 13.0. The fraction of sp³-hybridized carbons (Fsp3) is 0.781. The molecule has 1 aromatic heterocycles. The Balaban J connectivity index is 0.00000151. The molecule has 0 amide bonds. The quantitative estimate of drug-likeness (QED) is 0.456. The van der Waals surface area contributed by atoms with Crippen molar-refractivity contribution in [2.45, 2.75) is 135 Å². The maximum Gasteiger partial charge on any atom is 0.335 e. The Morgan fingerprint density at radius 3 is 2.46 bits per heavy atom. The third-order valence-electron chi connectivity index (χ3n) is 11.4. The predicted octanol–water partition coefficient (Wildman–Crippen LogP) is 5.07. The van der Waals surface area contributed by atoms with Crippen LogP contribution in [-0.2, 0) is 9.47 Å². The monoisotopic (exact) mass is 544 g/mol. The van der Waals surface area contributed by atoms with Crippen LogP contribution in [0.2, 0.25) is 0 Å².